The van der Waals surface area contributed by atoms with Crippen LogP contribution in [0.1, 0.15) is 0 Å². The van der Waals surface area contributed by atoms with Crippen molar-refractivity contribution in [2.75, 3.05) is 0 Å². The fourth-order valence-corrected chi connectivity index (χ4v) is 11.2. The summed E-state index contributed by atoms with van der Waals surface area (Å²) in [6, 6.07) is 75.6. The SMILES string of the molecule is c1ccc(-c2c3ccccc3c(-c3ccc4c(c3)sc3ccc(-c5c6ccccc6c(-c6cccc7c6oc6ccccc67)c6ccccc56)cc34)c3ccccc23)cc1. The highest BCUT2D eigenvalue weighted by atomic mass is 32.1. The Morgan fingerprint density at radius 2 is 0.733 bits per heavy atom. The molecule has 0 unspecified atom stereocenters. The quantitative estimate of drug-likeness (QED) is 0.162. The highest BCUT2D eigenvalue weighted by Crippen LogP contribution is 2.49. The number of benzene rings is 11. The molecule has 13 rings (SSSR count). The molecule has 0 saturated heterocycles. The van der Waals surface area contributed by atoms with Crippen LogP contribution in [0.15, 0.2) is 211 Å². The second kappa shape index (κ2) is 13.0. The van der Waals surface area contributed by atoms with Crippen LogP contribution in [0.2, 0.25) is 0 Å². The van der Waals surface area contributed by atoms with Crippen molar-refractivity contribution < 1.29 is 4.42 Å². The molecule has 2 heterocycles. The van der Waals surface area contributed by atoms with Gasteiger partial charge in [0.1, 0.15) is 11.2 Å². The number of fused-ring (bicyclic) bond motifs is 10. The van der Waals surface area contributed by atoms with Gasteiger partial charge < -0.3 is 4.42 Å². The van der Waals surface area contributed by atoms with E-state index >= 15 is 0 Å². The van der Waals surface area contributed by atoms with E-state index in [9.17, 15) is 0 Å². The van der Waals surface area contributed by atoms with Crippen LogP contribution in [0.4, 0.5) is 0 Å². The summed E-state index contributed by atoms with van der Waals surface area (Å²) < 4.78 is 9.22. The Morgan fingerprint density at radius 3 is 1.33 bits per heavy atom. The van der Waals surface area contributed by atoms with E-state index in [0.717, 1.165) is 27.5 Å². The van der Waals surface area contributed by atoms with Gasteiger partial charge in [-0.15, -0.1) is 11.3 Å². The average molecular weight is 779 g/mol. The molecule has 1 nitrogen and oxygen atoms in total. The molecule has 0 saturated carbocycles. The zero-order valence-corrected chi connectivity index (χ0v) is 33.3. The van der Waals surface area contributed by atoms with Crippen LogP contribution in [-0.4, -0.2) is 0 Å². The predicted octanol–water partition coefficient (Wildman–Crippen LogP) is 17.2. The molecule has 0 fully saturated rings. The summed E-state index contributed by atoms with van der Waals surface area (Å²) in [5, 5.41) is 14.9. The highest BCUT2D eigenvalue weighted by Gasteiger charge is 2.22. The Kier molecular flexibility index (Phi) is 7.24. The molecule has 278 valence electrons. The minimum Gasteiger partial charge on any atom is -0.455 e. The summed E-state index contributed by atoms with van der Waals surface area (Å²) in [6.45, 7) is 0. The molecule has 2 heteroatoms. The van der Waals surface area contributed by atoms with E-state index in [2.05, 4.69) is 200 Å². The standard InChI is InChI=1S/C58H34OS/c1-2-15-35(16-3-1)54-40-18-4-6-20-42(40)56(43-21-7-5-19-41(43)54)37-29-31-39-50-33-36(30-32-52(50)60-53(39)34-37)55-44-22-8-10-24-46(44)57(47-25-11-9-23-45(47)55)49-27-14-26-48-38-17-12-13-28-51(38)59-58(48)49/h1-34H. The third-order valence-electron chi connectivity index (χ3n) is 12.6. The van der Waals surface area contributed by atoms with Gasteiger partial charge >= 0.3 is 0 Å². The van der Waals surface area contributed by atoms with E-state index in [0.29, 0.717) is 0 Å². The van der Waals surface area contributed by atoms with Crippen LogP contribution in [-0.2, 0) is 0 Å². The molecular weight excluding hydrogens is 745 g/mol. The maximum Gasteiger partial charge on any atom is 0.143 e. The van der Waals surface area contributed by atoms with E-state index < -0.39 is 0 Å². The first-order valence-electron chi connectivity index (χ1n) is 20.6. The topological polar surface area (TPSA) is 13.1 Å². The molecule has 0 aliphatic rings. The van der Waals surface area contributed by atoms with Crippen molar-refractivity contribution in [2.45, 2.75) is 0 Å². The molecular formula is C58H34OS. The number of thiophene rings is 1. The first-order chi connectivity index (χ1) is 29.8. The van der Waals surface area contributed by atoms with Gasteiger partial charge in [-0.25, -0.2) is 0 Å². The first-order valence-corrected chi connectivity index (χ1v) is 21.4. The van der Waals surface area contributed by atoms with Gasteiger partial charge in [0, 0.05) is 42.1 Å². The average Bonchev–Trinajstić information content (AvgIpc) is 3.88. The van der Waals surface area contributed by atoms with Gasteiger partial charge in [-0.05, 0) is 101 Å². The fourth-order valence-electron chi connectivity index (χ4n) is 10.1. The molecule has 0 aliphatic heterocycles. The van der Waals surface area contributed by atoms with Gasteiger partial charge in [-0.2, -0.15) is 0 Å². The minimum atomic E-state index is 0.913. The van der Waals surface area contributed by atoms with Gasteiger partial charge in [0.05, 0.1) is 0 Å². The van der Waals surface area contributed by atoms with E-state index in [-0.39, 0.29) is 0 Å². The summed E-state index contributed by atoms with van der Waals surface area (Å²) in [5.74, 6) is 0. The lowest BCUT2D eigenvalue weighted by Crippen LogP contribution is -1.91. The predicted molar refractivity (Wildman–Crippen MR) is 258 cm³/mol. The van der Waals surface area contributed by atoms with Crippen molar-refractivity contribution in [3.05, 3.63) is 206 Å². The summed E-state index contributed by atoms with van der Waals surface area (Å²) >= 11 is 1.88. The van der Waals surface area contributed by atoms with E-state index in [1.165, 1.54) is 102 Å². The van der Waals surface area contributed by atoms with Crippen LogP contribution in [0.5, 0.6) is 0 Å². The van der Waals surface area contributed by atoms with E-state index in [4.69, 9.17) is 4.42 Å². The van der Waals surface area contributed by atoms with E-state index in [1.807, 2.05) is 17.4 Å². The molecule has 13 aromatic rings. The minimum absolute atomic E-state index is 0.913. The lowest BCUT2D eigenvalue weighted by atomic mass is 9.85. The number of hydrogen-bond acceptors (Lipinski definition) is 2. The number of hydrogen-bond donors (Lipinski definition) is 0. The third kappa shape index (κ3) is 4.86. The zero-order chi connectivity index (χ0) is 39.3. The molecule has 0 N–H and O–H groups in total. The van der Waals surface area contributed by atoms with Gasteiger partial charge in [0.2, 0.25) is 0 Å². The van der Waals surface area contributed by atoms with Gasteiger partial charge in [0.15, 0.2) is 0 Å². The van der Waals surface area contributed by atoms with E-state index in [1.54, 1.807) is 0 Å². The Morgan fingerprint density at radius 1 is 0.267 bits per heavy atom. The molecule has 0 aliphatic carbocycles. The Labute approximate surface area is 350 Å². The van der Waals surface area contributed by atoms with Gasteiger partial charge in [-0.1, -0.05) is 182 Å². The number of furan rings is 1. The van der Waals surface area contributed by atoms with Crippen molar-refractivity contribution in [1.82, 2.24) is 0 Å². The van der Waals surface area contributed by atoms with Crippen molar-refractivity contribution in [1.29, 1.82) is 0 Å². The molecule has 0 amide bonds. The number of para-hydroxylation sites is 2. The number of rotatable bonds is 4. The van der Waals surface area contributed by atoms with Crippen molar-refractivity contribution in [3.63, 3.8) is 0 Å². The Balaban J connectivity index is 1.01. The lowest BCUT2D eigenvalue weighted by molar-refractivity contribution is 0.670. The normalized spacial score (nSPS) is 12.0. The smallest absolute Gasteiger partial charge is 0.143 e. The molecule has 0 bridgehead atoms. The Hall–Kier alpha value is -7.52. The highest BCUT2D eigenvalue weighted by molar-refractivity contribution is 7.25. The monoisotopic (exact) mass is 778 g/mol. The molecule has 60 heavy (non-hydrogen) atoms. The van der Waals surface area contributed by atoms with Crippen molar-refractivity contribution in [3.8, 4) is 44.5 Å². The van der Waals surface area contributed by atoms with Gasteiger partial charge in [0.25, 0.3) is 0 Å². The maximum atomic E-state index is 6.63. The summed E-state index contributed by atoms with van der Waals surface area (Å²) in [6.07, 6.45) is 0. The summed E-state index contributed by atoms with van der Waals surface area (Å²) in [7, 11) is 0. The second-order valence-electron chi connectivity index (χ2n) is 15.9. The molecule has 0 radical (unpaired) electrons. The molecule has 2 aromatic heterocycles. The summed E-state index contributed by atoms with van der Waals surface area (Å²) in [4.78, 5) is 0. The molecule has 0 atom stereocenters. The van der Waals surface area contributed by atoms with Crippen molar-refractivity contribution >= 4 is 96.5 Å². The van der Waals surface area contributed by atoms with Crippen LogP contribution in [0, 0.1) is 0 Å². The Bertz CT molecular complexity index is 3770. The maximum absolute atomic E-state index is 6.63. The first kappa shape index (κ1) is 33.5. The fraction of sp³-hybridized carbons (Fsp3) is 0. The molecule has 11 aromatic carbocycles. The summed E-state index contributed by atoms with van der Waals surface area (Å²) in [5.41, 5.74) is 11.7. The van der Waals surface area contributed by atoms with Crippen LogP contribution in [0.25, 0.3) is 130 Å². The van der Waals surface area contributed by atoms with Crippen LogP contribution >= 0.6 is 11.3 Å². The molecule has 0 spiro atoms. The largest absolute Gasteiger partial charge is 0.455 e. The van der Waals surface area contributed by atoms with Crippen LogP contribution in [0.3, 0.4) is 0 Å². The zero-order valence-electron chi connectivity index (χ0n) is 32.4. The second-order valence-corrected chi connectivity index (χ2v) is 16.9. The van der Waals surface area contributed by atoms with Crippen molar-refractivity contribution in [2.24, 2.45) is 0 Å². The third-order valence-corrected chi connectivity index (χ3v) is 13.8. The van der Waals surface area contributed by atoms with Crippen LogP contribution < -0.4 is 0 Å². The lowest BCUT2D eigenvalue weighted by Gasteiger charge is -2.18. The van der Waals surface area contributed by atoms with Gasteiger partial charge in [-0.3, -0.25) is 0 Å².